The maximum absolute atomic E-state index is 7.56. The summed E-state index contributed by atoms with van der Waals surface area (Å²) in [6, 6.07) is 6.68. The van der Waals surface area contributed by atoms with Crippen molar-refractivity contribution in [2.75, 3.05) is 5.32 Å². The number of rotatable bonds is 3. The Morgan fingerprint density at radius 1 is 1.32 bits per heavy atom. The second-order valence-corrected chi connectivity index (χ2v) is 5.08. The molecule has 1 aliphatic carbocycles. The monoisotopic (exact) mass is 254 g/mol. The van der Waals surface area contributed by atoms with Crippen molar-refractivity contribution in [1.82, 2.24) is 0 Å². The molecule has 0 heterocycles. The van der Waals surface area contributed by atoms with Gasteiger partial charge in [-0.2, -0.15) is 0 Å². The Hall–Kier alpha value is -1.75. The summed E-state index contributed by atoms with van der Waals surface area (Å²) in [6.07, 6.45) is 8.77. The first kappa shape index (κ1) is 13.7. The third kappa shape index (κ3) is 3.86. The largest absolute Gasteiger partial charge is 0.382 e. The van der Waals surface area contributed by atoms with Crippen molar-refractivity contribution in [2.45, 2.75) is 51.5 Å². The topological polar surface area (TPSA) is 35.9 Å². The second kappa shape index (κ2) is 6.99. The zero-order valence-corrected chi connectivity index (χ0v) is 11.6. The minimum atomic E-state index is 0.569. The van der Waals surface area contributed by atoms with Crippen LogP contribution in [0, 0.1) is 17.3 Å². The second-order valence-electron chi connectivity index (χ2n) is 5.08. The molecule has 0 saturated heterocycles. The first-order valence-corrected chi connectivity index (χ1v) is 7.23. The molecule has 0 unspecified atom stereocenters. The van der Waals surface area contributed by atoms with Crippen LogP contribution in [0.15, 0.2) is 18.2 Å². The van der Waals surface area contributed by atoms with Crippen LogP contribution in [0.1, 0.15) is 56.6 Å². The number of hydrogen-bond donors (Lipinski definition) is 2. The Kier molecular flexibility index (Phi) is 5.03. The van der Waals surface area contributed by atoms with E-state index in [1.165, 1.54) is 38.3 Å². The van der Waals surface area contributed by atoms with E-state index in [1.54, 1.807) is 0 Å². The molecule has 19 heavy (non-hydrogen) atoms. The Labute approximate surface area is 116 Å². The molecule has 0 radical (unpaired) electrons. The molecule has 2 rings (SSSR count). The fourth-order valence-electron chi connectivity index (χ4n) is 2.55. The van der Waals surface area contributed by atoms with Crippen molar-refractivity contribution in [3.8, 4) is 11.8 Å². The molecule has 0 spiro atoms. The van der Waals surface area contributed by atoms with Gasteiger partial charge in [0.2, 0.25) is 0 Å². The van der Waals surface area contributed by atoms with Gasteiger partial charge in [-0.1, -0.05) is 38.0 Å². The number of anilines is 1. The third-order valence-electron chi connectivity index (χ3n) is 3.58. The zero-order chi connectivity index (χ0) is 13.5. The van der Waals surface area contributed by atoms with Gasteiger partial charge in [0.25, 0.3) is 0 Å². The maximum Gasteiger partial charge on any atom is 0.0432 e. The molecule has 2 N–H and O–H groups in total. The van der Waals surface area contributed by atoms with E-state index in [-0.39, 0.29) is 0 Å². The van der Waals surface area contributed by atoms with Gasteiger partial charge in [0.05, 0.1) is 0 Å². The molecule has 2 nitrogen and oxygen atoms in total. The predicted octanol–water partition coefficient (Wildman–Crippen LogP) is 4.19. The van der Waals surface area contributed by atoms with Gasteiger partial charge < -0.3 is 10.7 Å². The molecule has 0 amide bonds. The number of nitrogens with one attached hydrogen (secondary N) is 2. The average molecular weight is 254 g/mol. The fourth-order valence-corrected chi connectivity index (χ4v) is 2.55. The lowest BCUT2D eigenvalue weighted by atomic mass is 9.95. The lowest BCUT2D eigenvalue weighted by Gasteiger charge is -2.24. The van der Waals surface area contributed by atoms with Gasteiger partial charge in [0.1, 0.15) is 0 Å². The maximum atomic E-state index is 7.56. The summed E-state index contributed by atoms with van der Waals surface area (Å²) in [4.78, 5) is 0. The number of benzene rings is 1. The highest BCUT2D eigenvalue weighted by molar-refractivity contribution is 5.86. The molecule has 0 aliphatic heterocycles. The summed E-state index contributed by atoms with van der Waals surface area (Å²) in [5, 5.41) is 11.1. The summed E-state index contributed by atoms with van der Waals surface area (Å²) < 4.78 is 0. The van der Waals surface area contributed by atoms with Gasteiger partial charge >= 0.3 is 0 Å². The smallest absolute Gasteiger partial charge is 0.0432 e. The van der Waals surface area contributed by atoms with Crippen LogP contribution >= 0.6 is 0 Å². The van der Waals surface area contributed by atoms with E-state index in [0.29, 0.717) is 6.04 Å². The standard InChI is InChI=1S/C17H22N2/c1-2-3-7-14-10-11-17(15(12-14)13-18)19-16-8-5-4-6-9-16/h10-13,16,18-19H,2,4-6,8-9H2,1H3. The number of hydrogen-bond acceptors (Lipinski definition) is 2. The summed E-state index contributed by atoms with van der Waals surface area (Å²) >= 11 is 0. The quantitative estimate of drug-likeness (QED) is 0.615. The SMILES string of the molecule is CCC#Cc1ccc(NC2CCCCC2)c(C=N)c1. The molecule has 0 atom stereocenters. The molecule has 0 bridgehead atoms. The van der Waals surface area contributed by atoms with Crippen LogP contribution in [0.5, 0.6) is 0 Å². The summed E-state index contributed by atoms with van der Waals surface area (Å²) in [5.41, 5.74) is 3.01. The zero-order valence-electron chi connectivity index (χ0n) is 11.6. The highest BCUT2D eigenvalue weighted by Gasteiger charge is 2.14. The first-order chi connectivity index (χ1) is 9.33. The van der Waals surface area contributed by atoms with E-state index in [0.717, 1.165) is 23.2 Å². The van der Waals surface area contributed by atoms with Crippen molar-refractivity contribution < 1.29 is 0 Å². The Morgan fingerprint density at radius 3 is 2.79 bits per heavy atom. The van der Waals surface area contributed by atoms with Crippen molar-refractivity contribution in [2.24, 2.45) is 0 Å². The van der Waals surface area contributed by atoms with Gasteiger partial charge in [-0.15, -0.1) is 0 Å². The van der Waals surface area contributed by atoms with Gasteiger partial charge in [0, 0.05) is 35.5 Å². The van der Waals surface area contributed by atoms with Crippen LogP contribution in [0.2, 0.25) is 0 Å². The summed E-state index contributed by atoms with van der Waals surface area (Å²) in [5.74, 6) is 6.19. The van der Waals surface area contributed by atoms with E-state index in [4.69, 9.17) is 5.41 Å². The van der Waals surface area contributed by atoms with Crippen LogP contribution in [0.25, 0.3) is 0 Å². The highest BCUT2D eigenvalue weighted by Crippen LogP contribution is 2.23. The van der Waals surface area contributed by atoms with Crippen molar-refractivity contribution in [3.63, 3.8) is 0 Å². The fraction of sp³-hybridized carbons (Fsp3) is 0.471. The van der Waals surface area contributed by atoms with Crippen LogP contribution in [-0.4, -0.2) is 12.3 Å². The molecule has 1 aromatic carbocycles. The molecular weight excluding hydrogens is 232 g/mol. The molecule has 2 heteroatoms. The molecule has 100 valence electrons. The van der Waals surface area contributed by atoms with Gasteiger partial charge in [-0.25, -0.2) is 0 Å². The van der Waals surface area contributed by atoms with Crippen LogP contribution in [0.4, 0.5) is 5.69 Å². The average Bonchev–Trinajstić information content (AvgIpc) is 2.47. The van der Waals surface area contributed by atoms with Crippen molar-refractivity contribution in [1.29, 1.82) is 5.41 Å². The third-order valence-corrected chi connectivity index (χ3v) is 3.58. The van der Waals surface area contributed by atoms with Crippen molar-refractivity contribution in [3.05, 3.63) is 29.3 Å². The molecule has 0 aromatic heterocycles. The highest BCUT2D eigenvalue weighted by atomic mass is 14.9. The predicted molar refractivity (Wildman–Crippen MR) is 82.0 cm³/mol. The normalized spacial score (nSPS) is 15.4. The Morgan fingerprint density at radius 2 is 2.11 bits per heavy atom. The first-order valence-electron chi connectivity index (χ1n) is 7.23. The van der Waals surface area contributed by atoms with Gasteiger partial charge in [0.15, 0.2) is 0 Å². The lowest BCUT2D eigenvalue weighted by molar-refractivity contribution is 0.462. The van der Waals surface area contributed by atoms with E-state index in [1.807, 2.05) is 19.1 Å². The minimum Gasteiger partial charge on any atom is -0.382 e. The van der Waals surface area contributed by atoms with Gasteiger partial charge in [-0.05, 0) is 31.0 Å². The summed E-state index contributed by atoms with van der Waals surface area (Å²) in [6.45, 7) is 2.05. The van der Waals surface area contributed by atoms with Crippen LogP contribution < -0.4 is 5.32 Å². The Balaban J connectivity index is 2.13. The lowest BCUT2D eigenvalue weighted by Crippen LogP contribution is -2.22. The molecule has 1 fully saturated rings. The van der Waals surface area contributed by atoms with E-state index in [9.17, 15) is 0 Å². The van der Waals surface area contributed by atoms with E-state index >= 15 is 0 Å². The molecule has 1 aromatic rings. The minimum absolute atomic E-state index is 0.569. The Bertz CT molecular complexity index is 488. The van der Waals surface area contributed by atoms with Crippen LogP contribution in [-0.2, 0) is 0 Å². The van der Waals surface area contributed by atoms with Crippen molar-refractivity contribution >= 4 is 11.9 Å². The van der Waals surface area contributed by atoms with Crippen LogP contribution in [0.3, 0.4) is 0 Å². The summed E-state index contributed by atoms with van der Waals surface area (Å²) in [7, 11) is 0. The van der Waals surface area contributed by atoms with E-state index in [2.05, 4.69) is 23.2 Å². The molecular formula is C17H22N2. The van der Waals surface area contributed by atoms with Gasteiger partial charge in [-0.3, -0.25) is 0 Å². The molecule has 1 saturated carbocycles. The molecule has 1 aliphatic rings. The van der Waals surface area contributed by atoms with E-state index < -0.39 is 0 Å².